The summed E-state index contributed by atoms with van der Waals surface area (Å²) in [6, 6.07) is 13.0. The first kappa shape index (κ1) is 19.6. The van der Waals surface area contributed by atoms with Crippen LogP contribution >= 0.6 is 0 Å². The second kappa shape index (κ2) is 9.65. The lowest BCUT2D eigenvalue weighted by molar-refractivity contribution is -0.137. The van der Waals surface area contributed by atoms with Crippen LogP contribution in [0.3, 0.4) is 0 Å². The molecule has 26 heavy (non-hydrogen) atoms. The molecule has 138 valence electrons. The zero-order valence-corrected chi connectivity index (χ0v) is 14.3. The molecule has 0 aliphatic heterocycles. The monoisotopic (exact) mass is 361 g/mol. The van der Waals surface area contributed by atoms with E-state index in [1.165, 1.54) is 12.1 Å². The van der Waals surface area contributed by atoms with Crippen molar-refractivity contribution < 1.29 is 23.5 Å². The third kappa shape index (κ3) is 6.27. The molecule has 0 aliphatic rings. The largest absolute Gasteiger partial charge is 0.481 e. The number of hydrogen-bond donors (Lipinski definition) is 2. The normalized spacial score (nSPS) is 11.8. The van der Waals surface area contributed by atoms with E-state index in [0.29, 0.717) is 12.8 Å². The van der Waals surface area contributed by atoms with Crippen LogP contribution in [0.1, 0.15) is 30.4 Å². The van der Waals surface area contributed by atoms with Gasteiger partial charge in [0, 0.05) is 18.9 Å². The topological polar surface area (TPSA) is 66.4 Å². The molecule has 6 heteroatoms. The van der Waals surface area contributed by atoms with Crippen molar-refractivity contribution in [2.75, 3.05) is 0 Å². The van der Waals surface area contributed by atoms with Gasteiger partial charge in [-0.25, -0.2) is 8.78 Å². The van der Waals surface area contributed by atoms with Crippen molar-refractivity contribution in [3.05, 3.63) is 71.3 Å². The van der Waals surface area contributed by atoms with Crippen molar-refractivity contribution in [2.24, 2.45) is 0 Å². The fraction of sp³-hybridized carbons (Fsp3) is 0.300. The number of rotatable bonds is 9. The zero-order valence-electron chi connectivity index (χ0n) is 14.3. The molecule has 0 aliphatic carbocycles. The summed E-state index contributed by atoms with van der Waals surface area (Å²) in [6.07, 6.45) is 0.819. The Labute approximate surface area is 150 Å². The van der Waals surface area contributed by atoms with Crippen LogP contribution in [0, 0.1) is 11.6 Å². The summed E-state index contributed by atoms with van der Waals surface area (Å²) in [7, 11) is 0. The summed E-state index contributed by atoms with van der Waals surface area (Å²) in [5, 5.41) is 11.7. The molecule has 0 spiro atoms. The van der Waals surface area contributed by atoms with Crippen molar-refractivity contribution in [1.82, 2.24) is 5.32 Å². The molecule has 1 atom stereocenters. The van der Waals surface area contributed by atoms with E-state index >= 15 is 0 Å². The van der Waals surface area contributed by atoms with Crippen LogP contribution in [0.4, 0.5) is 8.78 Å². The van der Waals surface area contributed by atoms with Crippen LogP contribution in [-0.2, 0) is 22.4 Å². The van der Waals surface area contributed by atoms with Gasteiger partial charge in [0.1, 0.15) is 0 Å². The number of aliphatic carboxylic acids is 1. The first-order valence-electron chi connectivity index (χ1n) is 8.43. The van der Waals surface area contributed by atoms with E-state index in [1.54, 1.807) is 0 Å². The first-order valence-corrected chi connectivity index (χ1v) is 8.43. The summed E-state index contributed by atoms with van der Waals surface area (Å²) in [6.45, 7) is 0. The zero-order chi connectivity index (χ0) is 18.9. The Balaban J connectivity index is 1.94. The van der Waals surface area contributed by atoms with Gasteiger partial charge >= 0.3 is 5.97 Å². The van der Waals surface area contributed by atoms with E-state index in [2.05, 4.69) is 5.32 Å². The van der Waals surface area contributed by atoms with Gasteiger partial charge in [-0.05, 0) is 36.5 Å². The molecule has 2 rings (SSSR count). The summed E-state index contributed by atoms with van der Waals surface area (Å²) in [5.41, 5.74) is 1.13. The van der Waals surface area contributed by atoms with Gasteiger partial charge in [0.25, 0.3) is 0 Å². The quantitative estimate of drug-likeness (QED) is 0.718. The van der Waals surface area contributed by atoms with Crippen molar-refractivity contribution in [3.8, 4) is 0 Å². The molecule has 1 unspecified atom stereocenters. The summed E-state index contributed by atoms with van der Waals surface area (Å²) < 4.78 is 26.8. The fourth-order valence-electron chi connectivity index (χ4n) is 2.71. The molecule has 1 amide bonds. The number of carbonyl (C=O) groups is 2. The Bertz CT molecular complexity index is 750. The minimum absolute atomic E-state index is 0.00126. The minimum atomic E-state index is -0.939. The third-order valence-corrected chi connectivity index (χ3v) is 4.05. The summed E-state index contributed by atoms with van der Waals surface area (Å²) in [5.74, 6) is -3.13. The van der Waals surface area contributed by atoms with Gasteiger partial charge in [-0.15, -0.1) is 0 Å². The number of hydrogen-bond acceptors (Lipinski definition) is 2. The van der Waals surface area contributed by atoms with Gasteiger partial charge in [-0.1, -0.05) is 42.5 Å². The summed E-state index contributed by atoms with van der Waals surface area (Å²) in [4.78, 5) is 23.0. The molecule has 0 fully saturated rings. The molecule has 0 saturated heterocycles. The maximum absolute atomic E-state index is 13.6. The average Bonchev–Trinajstić information content (AvgIpc) is 2.62. The smallest absolute Gasteiger partial charge is 0.303 e. The number of carbonyl (C=O) groups excluding carboxylic acids is 1. The maximum atomic E-state index is 13.6. The molecular formula is C20H21F2NO3. The second-order valence-corrected chi connectivity index (χ2v) is 6.10. The van der Waals surface area contributed by atoms with Crippen LogP contribution in [0.2, 0.25) is 0 Å². The van der Waals surface area contributed by atoms with Crippen molar-refractivity contribution in [2.45, 2.75) is 38.1 Å². The number of halogens is 2. The maximum Gasteiger partial charge on any atom is 0.303 e. The number of nitrogens with one attached hydrogen (secondary N) is 1. The third-order valence-electron chi connectivity index (χ3n) is 4.05. The van der Waals surface area contributed by atoms with Crippen LogP contribution in [0.5, 0.6) is 0 Å². The van der Waals surface area contributed by atoms with Gasteiger partial charge in [-0.2, -0.15) is 0 Å². The number of amides is 1. The van der Waals surface area contributed by atoms with E-state index < -0.39 is 17.6 Å². The highest BCUT2D eigenvalue weighted by molar-refractivity contribution is 5.76. The fourth-order valence-corrected chi connectivity index (χ4v) is 2.71. The second-order valence-electron chi connectivity index (χ2n) is 6.10. The SMILES string of the molecule is O=C(O)CCC(Cc1ccccc1)NC(=O)CCc1cccc(F)c1F. The molecule has 2 N–H and O–H groups in total. The number of carboxylic acids is 1. The van der Waals surface area contributed by atoms with Crippen LogP contribution in [0.25, 0.3) is 0 Å². The molecule has 0 radical (unpaired) electrons. The van der Waals surface area contributed by atoms with E-state index in [4.69, 9.17) is 5.11 Å². The van der Waals surface area contributed by atoms with Gasteiger partial charge in [0.15, 0.2) is 11.6 Å². The Morgan fingerprint density at radius 3 is 2.42 bits per heavy atom. The van der Waals surface area contributed by atoms with Gasteiger partial charge in [0.2, 0.25) is 5.91 Å². The van der Waals surface area contributed by atoms with Gasteiger partial charge in [-0.3, -0.25) is 9.59 Å². The predicted molar refractivity (Wildman–Crippen MR) is 93.6 cm³/mol. The van der Waals surface area contributed by atoms with Gasteiger partial charge in [0.05, 0.1) is 0 Å². The molecule has 2 aromatic rings. The molecule has 2 aromatic carbocycles. The Morgan fingerprint density at radius 1 is 1.00 bits per heavy atom. The van der Waals surface area contributed by atoms with Crippen LogP contribution in [0.15, 0.2) is 48.5 Å². The van der Waals surface area contributed by atoms with E-state index in [9.17, 15) is 18.4 Å². The van der Waals surface area contributed by atoms with E-state index in [-0.39, 0.29) is 36.8 Å². The molecule has 0 saturated carbocycles. The van der Waals surface area contributed by atoms with Crippen molar-refractivity contribution >= 4 is 11.9 Å². The molecular weight excluding hydrogens is 340 g/mol. The minimum Gasteiger partial charge on any atom is -0.481 e. The lowest BCUT2D eigenvalue weighted by Gasteiger charge is -2.18. The lowest BCUT2D eigenvalue weighted by atomic mass is 10.0. The molecule has 0 heterocycles. The van der Waals surface area contributed by atoms with E-state index in [0.717, 1.165) is 11.6 Å². The molecule has 4 nitrogen and oxygen atoms in total. The highest BCUT2D eigenvalue weighted by Gasteiger charge is 2.16. The van der Waals surface area contributed by atoms with E-state index in [1.807, 2.05) is 30.3 Å². The molecule has 0 aromatic heterocycles. The highest BCUT2D eigenvalue weighted by atomic mass is 19.2. The predicted octanol–water partition coefficient (Wildman–Crippen LogP) is 3.49. The van der Waals surface area contributed by atoms with Crippen LogP contribution < -0.4 is 5.32 Å². The highest BCUT2D eigenvalue weighted by Crippen LogP contribution is 2.14. The Kier molecular flexibility index (Phi) is 7.26. The average molecular weight is 361 g/mol. The number of carboxylic acid groups (broad SMARTS) is 1. The molecule has 0 bridgehead atoms. The number of benzene rings is 2. The van der Waals surface area contributed by atoms with Crippen molar-refractivity contribution in [1.29, 1.82) is 0 Å². The standard InChI is InChI=1S/C20H21F2NO3/c21-17-8-4-7-15(20(17)22)9-11-18(24)23-16(10-12-19(25)26)13-14-5-2-1-3-6-14/h1-8,16H,9-13H2,(H,23,24)(H,25,26). The Hall–Kier alpha value is -2.76. The van der Waals surface area contributed by atoms with Gasteiger partial charge < -0.3 is 10.4 Å². The number of aryl methyl sites for hydroxylation is 1. The Morgan fingerprint density at radius 2 is 1.73 bits per heavy atom. The summed E-state index contributed by atoms with van der Waals surface area (Å²) >= 11 is 0. The van der Waals surface area contributed by atoms with Crippen LogP contribution in [-0.4, -0.2) is 23.0 Å². The van der Waals surface area contributed by atoms with Crippen molar-refractivity contribution in [3.63, 3.8) is 0 Å². The lowest BCUT2D eigenvalue weighted by Crippen LogP contribution is -2.37. The first-order chi connectivity index (χ1) is 12.5.